The van der Waals surface area contributed by atoms with E-state index in [1.165, 1.54) is 15.8 Å². The number of likely N-dealkylation sites (N-methyl/N-ethyl adjacent to an activating group) is 1. The van der Waals surface area contributed by atoms with Crippen molar-refractivity contribution in [2.75, 3.05) is 20.1 Å². The first kappa shape index (κ1) is 19.5. The van der Waals surface area contributed by atoms with Crippen molar-refractivity contribution in [3.63, 3.8) is 0 Å². The SMILES string of the molecule is CCCCN(C)C(=O)CNC(=O)Cn1cnc2sc3c(c2c1=O)CCCC3. The van der Waals surface area contributed by atoms with Gasteiger partial charge in [-0.05, 0) is 37.7 Å². The first-order chi connectivity index (χ1) is 13.0. The van der Waals surface area contributed by atoms with Gasteiger partial charge in [0.1, 0.15) is 11.4 Å². The highest BCUT2D eigenvalue weighted by Crippen LogP contribution is 2.33. The first-order valence-corrected chi connectivity index (χ1v) is 10.3. The van der Waals surface area contributed by atoms with Gasteiger partial charge in [0.15, 0.2) is 0 Å². The quantitative estimate of drug-likeness (QED) is 0.780. The number of nitrogens with one attached hydrogen (secondary N) is 1. The zero-order valence-electron chi connectivity index (χ0n) is 15.9. The summed E-state index contributed by atoms with van der Waals surface area (Å²) >= 11 is 1.59. The lowest BCUT2D eigenvalue weighted by atomic mass is 9.97. The fraction of sp³-hybridized carbons (Fsp3) is 0.579. The molecule has 0 spiro atoms. The zero-order valence-corrected chi connectivity index (χ0v) is 16.7. The lowest BCUT2D eigenvalue weighted by molar-refractivity contribution is -0.132. The lowest BCUT2D eigenvalue weighted by Crippen LogP contribution is -2.40. The summed E-state index contributed by atoms with van der Waals surface area (Å²) < 4.78 is 1.34. The summed E-state index contributed by atoms with van der Waals surface area (Å²) in [5, 5.41) is 3.27. The van der Waals surface area contributed by atoms with E-state index in [-0.39, 0.29) is 30.5 Å². The van der Waals surface area contributed by atoms with Crippen molar-refractivity contribution in [2.24, 2.45) is 0 Å². The zero-order chi connectivity index (χ0) is 19.4. The molecule has 0 unspecified atom stereocenters. The molecule has 0 fully saturated rings. The molecular formula is C19H26N4O3S. The van der Waals surface area contributed by atoms with Gasteiger partial charge in [-0.3, -0.25) is 19.0 Å². The minimum atomic E-state index is -0.361. The van der Waals surface area contributed by atoms with Crippen LogP contribution >= 0.6 is 11.3 Å². The number of nitrogens with zero attached hydrogens (tertiary/aromatic N) is 3. The van der Waals surface area contributed by atoms with Crippen molar-refractivity contribution >= 4 is 33.4 Å². The molecule has 0 saturated heterocycles. The van der Waals surface area contributed by atoms with Crippen LogP contribution in [0.15, 0.2) is 11.1 Å². The molecule has 0 aromatic carbocycles. The molecule has 8 heteroatoms. The van der Waals surface area contributed by atoms with Gasteiger partial charge in [-0.2, -0.15) is 0 Å². The second-order valence-corrected chi connectivity index (χ2v) is 8.10. The van der Waals surface area contributed by atoms with E-state index < -0.39 is 0 Å². The van der Waals surface area contributed by atoms with Gasteiger partial charge >= 0.3 is 0 Å². The Morgan fingerprint density at radius 3 is 2.89 bits per heavy atom. The molecule has 2 amide bonds. The Morgan fingerprint density at radius 1 is 1.33 bits per heavy atom. The van der Waals surface area contributed by atoms with Crippen LogP contribution in [0.25, 0.3) is 10.2 Å². The van der Waals surface area contributed by atoms with Crippen LogP contribution in [0.2, 0.25) is 0 Å². The van der Waals surface area contributed by atoms with Gasteiger partial charge in [-0.1, -0.05) is 13.3 Å². The molecule has 3 rings (SSSR count). The summed E-state index contributed by atoms with van der Waals surface area (Å²) in [5.74, 6) is -0.496. The van der Waals surface area contributed by atoms with Crippen LogP contribution in [0, 0.1) is 0 Å². The van der Waals surface area contributed by atoms with Gasteiger partial charge in [0, 0.05) is 18.5 Å². The predicted molar refractivity (Wildman–Crippen MR) is 106 cm³/mol. The van der Waals surface area contributed by atoms with Gasteiger partial charge in [0.05, 0.1) is 18.3 Å². The molecular weight excluding hydrogens is 364 g/mol. The van der Waals surface area contributed by atoms with Crippen LogP contribution in [-0.4, -0.2) is 46.4 Å². The number of carbonyl (C=O) groups is 2. The highest BCUT2D eigenvalue weighted by Gasteiger charge is 2.20. The topological polar surface area (TPSA) is 84.3 Å². The summed E-state index contributed by atoms with van der Waals surface area (Å²) in [6, 6.07) is 0. The summed E-state index contributed by atoms with van der Waals surface area (Å²) in [6.07, 6.45) is 7.52. The second-order valence-electron chi connectivity index (χ2n) is 7.01. The summed E-state index contributed by atoms with van der Waals surface area (Å²) in [6.45, 7) is 2.55. The van der Waals surface area contributed by atoms with E-state index in [1.54, 1.807) is 23.3 Å². The Labute approximate surface area is 162 Å². The average molecular weight is 391 g/mol. The van der Waals surface area contributed by atoms with E-state index in [2.05, 4.69) is 17.2 Å². The number of carbonyl (C=O) groups excluding carboxylic acids is 2. The molecule has 0 bridgehead atoms. The van der Waals surface area contributed by atoms with Crippen LogP contribution in [0.3, 0.4) is 0 Å². The van der Waals surface area contributed by atoms with Crippen LogP contribution in [0.1, 0.15) is 43.0 Å². The van der Waals surface area contributed by atoms with Gasteiger partial charge < -0.3 is 10.2 Å². The van der Waals surface area contributed by atoms with Crippen LogP contribution in [0.5, 0.6) is 0 Å². The lowest BCUT2D eigenvalue weighted by Gasteiger charge is -2.17. The monoisotopic (exact) mass is 390 g/mol. The number of thiophene rings is 1. The number of hydrogen-bond acceptors (Lipinski definition) is 5. The predicted octanol–water partition coefficient (Wildman–Crippen LogP) is 1.71. The second kappa shape index (κ2) is 8.65. The number of hydrogen-bond donors (Lipinski definition) is 1. The Kier molecular flexibility index (Phi) is 6.26. The first-order valence-electron chi connectivity index (χ1n) is 9.51. The number of amides is 2. The van der Waals surface area contributed by atoms with Gasteiger partial charge in [-0.25, -0.2) is 4.98 Å². The summed E-state index contributed by atoms with van der Waals surface area (Å²) in [4.78, 5) is 45.1. The van der Waals surface area contributed by atoms with Gasteiger partial charge in [0.2, 0.25) is 11.8 Å². The Morgan fingerprint density at radius 2 is 2.11 bits per heavy atom. The van der Waals surface area contributed by atoms with Crippen LogP contribution in [0.4, 0.5) is 0 Å². The van der Waals surface area contributed by atoms with E-state index in [0.717, 1.165) is 48.9 Å². The third kappa shape index (κ3) is 4.37. The summed E-state index contributed by atoms with van der Waals surface area (Å²) in [7, 11) is 1.73. The highest BCUT2D eigenvalue weighted by molar-refractivity contribution is 7.18. The molecule has 146 valence electrons. The molecule has 7 nitrogen and oxygen atoms in total. The Hall–Kier alpha value is -2.22. The van der Waals surface area contributed by atoms with Crippen molar-refractivity contribution in [3.05, 3.63) is 27.1 Å². The van der Waals surface area contributed by atoms with E-state index in [9.17, 15) is 14.4 Å². The number of aromatic nitrogens is 2. The average Bonchev–Trinajstić information content (AvgIpc) is 3.05. The van der Waals surface area contributed by atoms with Gasteiger partial charge in [-0.15, -0.1) is 11.3 Å². The van der Waals surface area contributed by atoms with Crippen molar-refractivity contribution in [1.82, 2.24) is 19.8 Å². The number of fused-ring (bicyclic) bond motifs is 3. The fourth-order valence-corrected chi connectivity index (χ4v) is 4.55. The standard InChI is InChI=1S/C19H26N4O3S/c1-3-4-9-22(2)16(25)10-20-15(24)11-23-12-21-18-17(19(23)26)13-7-5-6-8-14(13)27-18/h12H,3-11H2,1-2H3,(H,20,24). The van der Waals surface area contributed by atoms with E-state index in [1.807, 2.05) is 0 Å². The number of rotatable bonds is 7. The highest BCUT2D eigenvalue weighted by atomic mass is 32.1. The minimum Gasteiger partial charge on any atom is -0.345 e. The van der Waals surface area contributed by atoms with Crippen molar-refractivity contribution in [1.29, 1.82) is 0 Å². The molecule has 0 radical (unpaired) electrons. The van der Waals surface area contributed by atoms with E-state index in [0.29, 0.717) is 11.9 Å². The largest absolute Gasteiger partial charge is 0.345 e. The molecule has 2 aromatic heterocycles. The maximum absolute atomic E-state index is 12.8. The van der Waals surface area contributed by atoms with Crippen LogP contribution < -0.4 is 10.9 Å². The fourth-order valence-electron chi connectivity index (χ4n) is 3.33. The van der Waals surface area contributed by atoms with Gasteiger partial charge in [0.25, 0.3) is 5.56 Å². The van der Waals surface area contributed by atoms with Crippen molar-refractivity contribution < 1.29 is 9.59 Å². The van der Waals surface area contributed by atoms with Crippen molar-refractivity contribution in [2.45, 2.75) is 52.0 Å². The van der Waals surface area contributed by atoms with E-state index >= 15 is 0 Å². The molecule has 1 aliphatic rings. The maximum atomic E-state index is 12.8. The number of unbranched alkanes of at least 4 members (excludes halogenated alkanes) is 1. The van der Waals surface area contributed by atoms with Crippen molar-refractivity contribution in [3.8, 4) is 0 Å². The molecule has 0 aliphatic heterocycles. The number of aryl methyl sites for hydroxylation is 2. The Balaban J connectivity index is 1.66. The smallest absolute Gasteiger partial charge is 0.262 e. The normalized spacial score (nSPS) is 13.4. The maximum Gasteiger partial charge on any atom is 0.262 e. The minimum absolute atomic E-state index is 0.0582. The third-order valence-corrected chi connectivity index (χ3v) is 6.17. The third-order valence-electron chi connectivity index (χ3n) is 4.97. The molecule has 27 heavy (non-hydrogen) atoms. The molecule has 0 atom stereocenters. The summed E-state index contributed by atoms with van der Waals surface area (Å²) in [5.41, 5.74) is 0.946. The molecule has 1 aliphatic carbocycles. The van der Waals surface area contributed by atoms with E-state index in [4.69, 9.17) is 0 Å². The Bertz CT molecular complexity index is 902. The molecule has 2 heterocycles. The van der Waals surface area contributed by atoms with Crippen LogP contribution in [-0.2, 0) is 29.0 Å². The molecule has 0 saturated carbocycles. The molecule has 2 aromatic rings. The molecule has 1 N–H and O–H groups in total.